The average molecular weight is 389 g/mol. The Morgan fingerprint density at radius 1 is 1.17 bits per heavy atom. The van der Waals surface area contributed by atoms with Crippen LogP contribution in [0.1, 0.15) is 15.9 Å². The molecule has 6 heteroatoms. The third-order valence-electron chi connectivity index (χ3n) is 3.26. The molecule has 3 rings (SSSR count). The number of rotatable bonds is 5. The van der Waals surface area contributed by atoms with E-state index in [-0.39, 0.29) is 11.5 Å². The van der Waals surface area contributed by atoms with Crippen LogP contribution in [0.15, 0.2) is 62.6 Å². The summed E-state index contributed by atoms with van der Waals surface area (Å²) in [6.07, 6.45) is 0. The fourth-order valence-electron chi connectivity index (χ4n) is 2.06. The van der Waals surface area contributed by atoms with Gasteiger partial charge in [-0.2, -0.15) is 0 Å². The molecule has 0 atom stereocenters. The molecule has 0 aliphatic carbocycles. The zero-order valence-electron chi connectivity index (χ0n) is 12.3. The number of Topliss-reactive ketones (excluding diaryl/α,β-unsaturated/α-hetero) is 1. The van der Waals surface area contributed by atoms with E-state index in [0.29, 0.717) is 16.7 Å². The lowest BCUT2D eigenvalue weighted by atomic mass is 10.1. The maximum absolute atomic E-state index is 12.2. The lowest BCUT2D eigenvalue weighted by molar-refractivity contribution is 0.102. The van der Waals surface area contributed by atoms with Crippen LogP contribution in [0.3, 0.4) is 0 Å². The SMILES string of the molecule is Cc1ccccc1-c1nnc(SCC(=O)c2cccc(Br)c2)o1. The molecule has 3 aromatic rings. The van der Waals surface area contributed by atoms with Crippen molar-refractivity contribution in [2.45, 2.75) is 12.1 Å². The Labute approximate surface area is 146 Å². The molecule has 0 amide bonds. The van der Waals surface area contributed by atoms with E-state index in [2.05, 4.69) is 26.1 Å². The number of ketones is 1. The van der Waals surface area contributed by atoms with Gasteiger partial charge in [0.05, 0.1) is 5.75 Å². The standard InChI is InChI=1S/C17H13BrN2O2S/c1-11-5-2-3-8-14(11)16-19-20-17(22-16)23-10-15(21)12-6-4-7-13(18)9-12/h2-9H,10H2,1H3. The number of thioether (sulfide) groups is 1. The third-order valence-corrected chi connectivity index (χ3v) is 4.57. The summed E-state index contributed by atoms with van der Waals surface area (Å²) in [5.41, 5.74) is 2.63. The van der Waals surface area contributed by atoms with Crippen molar-refractivity contribution in [3.63, 3.8) is 0 Å². The predicted molar refractivity (Wildman–Crippen MR) is 93.7 cm³/mol. The fourth-order valence-corrected chi connectivity index (χ4v) is 3.12. The molecule has 23 heavy (non-hydrogen) atoms. The second-order valence-electron chi connectivity index (χ2n) is 4.91. The Balaban J connectivity index is 1.68. The number of carbonyl (C=O) groups excluding carboxylic acids is 1. The zero-order chi connectivity index (χ0) is 16.2. The molecular formula is C17H13BrN2O2S. The minimum atomic E-state index is 0.0203. The Morgan fingerprint density at radius 2 is 2.00 bits per heavy atom. The summed E-state index contributed by atoms with van der Waals surface area (Å²) in [6, 6.07) is 15.1. The van der Waals surface area contributed by atoms with Gasteiger partial charge in [0.1, 0.15) is 0 Å². The van der Waals surface area contributed by atoms with Crippen molar-refractivity contribution >= 4 is 33.5 Å². The van der Waals surface area contributed by atoms with Gasteiger partial charge in [-0.25, -0.2) is 0 Å². The van der Waals surface area contributed by atoms with Gasteiger partial charge < -0.3 is 4.42 Å². The zero-order valence-corrected chi connectivity index (χ0v) is 14.7. The van der Waals surface area contributed by atoms with E-state index in [1.165, 1.54) is 11.8 Å². The normalized spacial score (nSPS) is 10.7. The van der Waals surface area contributed by atoms with Gasteiger partial charge >= 0.3 is 0 Å². The smallest absolute Gasteiger partial charge is 0.277 e. The summed E-state index contributed by atoms with van der Waals surface area (Å²) in [5, 5.41) is 8.45. The van der Waals surface area contributed by atoms with Gasteiger partial charge in [0, 0.05) is 15.6 Å². The Morgan fingerprint density at radius 3 is 2.78 bits per heavy atom. The summed E-state index contributed by atoms with van der Waals surface area (Å²) < 4.78 is 6.52. The van der Waals surface area contributed by atoms with E-state index in [1.807, 2.05) is 43.3 Å². The largest absolute Gasteiger partial charge is 0.411 e. The maximum Gasteiger partial charge on any atom is 0.277 e. The lowest BCUT2D eigenvalue weighted by Gasteiger charge is -2.00. The van der Waals surface area contributed by atoms with E-state index in [9.17, 15) is 4.79 Å². The Hall–Kier alpha value is -1.92. The molecule has 2 aromatic carbocycles. The van der Waals surface area contributed by atoms with Crippen molar-refractivity contribution in [2.75, 3.05) is 5.75 Å². The summed E-state index contributed by atoms with van der Waals surface area (Å²) in [6.45, 7) is 1.99. The Kier molecular flexibility index (Phi) is 4.93. The van der Waals surface area contributed by atoms with Gasteiger partial charge in [0.25, 0.3) is 5.22 Å². The van der Waals surface area contributed by atoms with Crippen molar-refractivity contribution in [2.24, 2.45) is 0 Å². The third kappa shape index (κ3) is 3.89. The van der Waals surface area contributed by atoms with Gasteiger partial charge in [0.15, 0.2) is 5.78 Å². The highest BCUT2D eigenvalue weighted by molar-refractivity contribution is 9.10. The topological polar surface area (TPSA) is 56.0 Å². The molecular weight excluding hydrogens is 376 g/mol. The van der Waals surface area contributed by atoms with E-state index < -0.39 is 0 Å². The highest BCUT2D eigenvalue weighted by atomic mass is 79.9. The highest BCUT2D eigenvalue weighted by Gasteiger charge is 2.13. The molecule has 0 N–H and O–H groups in total. The summed E-state index contributed by atoms with van der Waals surface area (Å²) >= 11 is 4.61. The molecule has 0 aliphatic heterocycles. The average Bonchev–Trinajstić information content (AvgIpc) is 3.02. The summed E-state index contributed by atoms with van der Waals surface area (Å²) in [7, 11) is 0. The van der Waals surface area contributed by atoms with Crippen LogP contribution in [0.5, 0.6) is 0 Å². The number of aromatic nitrogens is 2. The predicted octanol–water partition coefficient (Wildman–Crippen LogP) is 4.78. The van der Waals surface area contributed by atoms with Crippen LogP contribution in [0.2, 0.25) is 0 Å². The van der Waals surface area contributed by atoms with Crippen molar-refractivity contribution in [3.05, 3.63) is 64.1 Å². The van der Waals surface area contributed by atoms with Gasteiger partial charge in [-0.3, -0.25) is 4.79 Å². The molecule has 0 radical (unpaired) electrons. The quantitative estimate of drug-likeness (QED) is 0.464. The van der Waals surface area contributed by atoms with Gasteiger partial charge in [-0.1, -0.05) is 58.0 Å². The van der Waals surface area contributed by atoms with E-state index in [4.69, 9.17) is 4.42 Å². The van der Waals surface area contributed by atoms with Crippen LogP contribution in [-0.2, 0) is 0 Å². The minimum absolute atomic E-state index is 0.0203. The number of hydrogen-bond donors (Lipinski definition) is 0. The van der Waals surface area contributed by atoms with Crippen LogP contribution in [0, 0.1) is 6.92 Å². The molecule has 0 fully saturated rings. The van der Waals surface area contributed by atoms with Crippen LogP contribution < -0.4 is 0 Å². The number of halogens is 1. The fraction of sp³-hybridized carbons (Fsp3) is 0.118. The molecule has 1 heterocycles. The van der Waals surface area contributed by atoms with Gasteiger partial charge in [0.2, 0.25) is 5.89 Å². The van der Waals surface area contributed by atoms with E-state index in [0.717, 1.165) is 15.6 Å². The number of nitrogens with zero attached hydrogens (tertiary/aromatic N) is 2. The van der Waals surface area contributed by atoms with Crippen LogP contribution in [0.4, 0.5) is 0 Å². The summed E-state index contributed by atoms with van der Waals surface area (Å²) in [5.74, 6) is 0.749. The van der Waals surface area contributed by atoms with Crippen molar-refractivity contribution in [1.29, 1.82) is 0 Å². The van der Waals surface area contributed by atoms with Crippen molar-refractivity contribution < 1.29 is 9.21 Å². The number of aryl methyl sites for hydroxylation is 1. The molecule has 0 aliphatic rings. The number of hydrogen-bond acceptors (Lipinski definition) is 5. The Bertz CT molecular complexity index is 848. The van der Waals surface area contributed by atoms with Crippen LogP contribution in [0.25, 0.3) is 11.5 Å². The van der Waals surface area contributed by atoms with Crippen molar-refractivity contribution in [1.82, 2.24) is 10.2 Å². The molecule has 116 valence electrons. The molecule has 0 bridgehead atoms. The van der Waals surface area contributed by atoms with E-state index >= 15 is 0 Å². The molecule has 0 saturated heterocycles. The van der Waals surface area contributed by atoms with Crippen molar-refractivity contribution in [3.8, 4) is 11.5 Å². The second kappa shape index (κ2) is 7.10. The van der Waals surface area contributed by atoms with Gasteiger partial charge in [-0.05, 0) is 30.7 Å². The maximum atomic E-state index is 12.2. The minimum Gasteiger partial charge on any atom is -0.411 e. The first-order valence-electron chi connectivity index (χ1n) is 6.94. The monoisotopic (exact) mass is 388 g/mol. The first-order chi connectivity index (χ1) is 11.1. The van der Waals surface area contributed by atoms with Crippen LogP contribution in [-0.4, -0.2) is 21.7 Å². The molecule has 4 nitrogen and oxygen atoms in total. The first kappa shape index (κ1) is 16.0. The number of benzene rings is 2. The van der Waals surface area contributed by atoms with Gasteiger partial charge in [-0.15, -0.1) is 10.2 Å². The number of carbonyl (C=O) groups is 1. The van der Waals surface area contributed by atoms with Crippen LogP contribution >= 0.6 is 27.7 Å². The summed E-state index contributed by atoms with van der Waals surface area (Å²) in [4.78, 5) is 12.2. The second-order valence-corrected chi connectivity index (χ2v) is 6.75. The lowest BCUT2D eigenvalue weighted by Crippen LogP contribution is -2.02. The first-order valence-corrected chi connectivity index (χ1v) is 8.72. The van der Waals surface area contributed by atoms with E-state index in [1.54, 1.807) is 12.1 Å². The highest BCUT2D eigenvalue weighted by Crippen LogP contribution is 2.26. The molecule has 1 aromatic heterocycles. The molecule has 0 unspecified atom stereocenters. The molecule has 0 spiro atoms. The molecule has 0 saturated carbocycles.